The second-order valence-corrected chi connectivity index (χ2v) is 8.05. The average Bonchev–Trinajstić information content (AvgIpc) is 3.20. The van der Waals surface area contributed by atoms with Gasteiger partial charge in [0, 0.05) is 19.0 Å². The summed E-state index contributed by atoms with van der Waals surface area (Å²) >= 11 is 5.66. The zero-order valence-electron chi connectivity index (χ0n) is 11.1. The van der Waals surface area contributed by atoms with E-state index in [1.165, 1.54) is 4.31 Å². The molecule has 2 fully saturated rings. The van der Waals surface area contributed by atoms with Gasteiger partial charge in [-0.1, -0.05) is 12.1 Å². The van der Waals surface area contributed by atoms with Crippen LogP contribution < -0.4 is 0 Å². The average molecular weight is 316 g/mol. The Hall–Kier alpha value is -0.620. The highest BCUT2D eigenvalue weighted by atomic mass is 35.5. The highest BCUT2D eigenvalue weighted by molar-refractivity contribution is 7.89. The largest absolute Gasteiger partial charge is 0.387 e. The second kappa shape index (κ2) is 4.98. The van der Waals surface area contributed by atoms with Crippen molar-refractivity contribution in [2.24, 2.45) is 5.92 Å². The van der Waals surface area contributed by atoms with Gasteiger partial charge in [0.05, 0.1) is 10.5 Å². The Morgan fingerprint density at radius 2 is 1.85 bits per heavy atom. The van der Waals surface area contributed by atoms with Crippen molar-refractivity contribution in [2.75, 3.05) is 19.0 Å². The van der Waals surface area contributed by atoms with E-state index in [4.69, 9.17) is 11.6 Å². The van der Waals surface area contributed by atoms with Crippen molar-refractivity contribution in [3.8, 4) is 0 Å². The van der Waals surface area contributed by atoms with Gasteiger partial charge in [0.25, 0.3) is 0 Å². The lowest BCUT2D eigenvalue weighted by molar-refractivity contribution is -0.0764. The molecule has 1 saturated carbocycles. The quantitative estimate of drug-likeness (QED) is 0.840. The summed E-state index contributed by atoms with van der Waals surface area (Å²) in [5, 5.41) is 10.2. The fourth-order valence-electron chi connectivity index (χ4n) is 2.70. The number of aliphatic hydroxyl groups is 1. The van der Waals surface area contributed by atoms with Crippen LogP contribution in [0.3, 0.4) is 0 Å². The third-order valence-electron chi connectivity index (χ3n) is 4.18. The molecule has 1 saturated heterocycles. The van der Waals surface area contributed by atoms with E-state index in [1.807, 2.05) is 0 Å². The van der Waals surface area contributed by atoms with Crippen LogP contribution in [0.1, 0.15) is 18.4 Å². The molecule has 1 aliphatic carbocycles. The Morgan fingerprint density at radius 1 is 1.25 bits per heavy atom. The van der Waals surface area contributed by atoms with Gasteiger partial charge in [-0.25, -0.2) is 8.42 Å². The third kappa shape index (κ3) is 2.48. The first-order valence-electron chi connectivity index (χ1n) is 6.83. The Bertz CT molecular complexity index is 589. The minimum Gasteiger partial charge on any atom is -0.387 e. The molecular weight excluding hydrogens is 298 g/mol. The number of benzene rings is 1. The minimum absolute atomic E-state index is 0.226. The van der Waals surface area contributed by atoms with E-state index in [9.17, 15) is 13.5 Å². The summed E-state index contributed by atoms with van der Waals surface area (Å²) in [4.78, 5) is 0.286. The number of nitrogens with zero attached hydrogens (tertiary/aromatic N) is 1. The number of hydrogen-bond acceptors (Lipinski definition) is 3. The molecule has 0 spiro atoms. The Labute approximate surface area is 124 Å². The van der Waals surface area contributed by atoms with Gasteiger partial charge in [-0.05, 0) is 42.9 Å². The fourth-order valence-corrected chi connectivity index (χ4v) is 4.48. The first-order valence-corrected chi connectivity index (χ1v) is 8.81. The number of halogens is 1. The van der Waals surface area contributed by atoms with Crippen LogP contribution in [0.5, 0.6) is 0 Å². The molecule has 0 bridgehead atoms. The molecule has 1 aliphatic heterocycles. The summed E-state index contributed by atoms with van der Waals surface area (Å²) in [5.74, 6) is 0.812. The number of hydrogen-bond donors (Lipinski definition) is 1. The third-order valence-corrected chi connectivity index (χ3v) is 6.18. The van der Waals surface area contributed by atoms with Gasteiger partial charge < -0.3 is 5.11 Å². The predicted molar refractivity (Wildman–Crippen MR) is 77.3 cm³/mol. The van der Waals surface area contributed by atoms with E-state index in [1.54, 1.807) is 24.3 Å². The van der Waals surface area contributed by atoms with Gasteiger partial charge in [0.1, 0.15) is 0 Å². The summed E-state index contributed by atoms with van der Waals surface area (Å²) < 4.78 is 26.2. The Kier molecular flexibility index (Phi) is 3.57. The smallest absolute Gasteiger partial charge is 0.243 e. The molecule has 0 atom stereocenters. The molecular formula is C14H18ClNO3S. The maximum atomic E-state index is 12.4. The van der Waals surface area contributed by atoms with Gasteiger partial charge in [-0.2, -0.15) is 4.31 Å². The standard InChI is InChI=1S/C14H18ClNO3S/c15-8-7-11-1-5-13(6-2-11)20(18,19)16-9-14(17,10-16)12-3-4-12/h1-2,5-6,12,17H,3-4,7-10H2. The van der Waals surface area contributed by atoms with E-state index in [0.717, 1.165) is 24.8 Å². The molecule has 3 rings (SSSR count). The summed E-state index contributed by atoms with van der Waals surface area (Å²) in [7, 11) is -3.47. The molecule has 1 N–H and O–H groups in total. The van der Waals surface area contributed by atoms with Crippen molar-refractivity contribution in [2.45, 2.75) is 29.8 Å². The van der Waals surface area contributed by atoms with E-state index in [0.29, 0.717) is 11.8 Å². The molecule has 1 aromatic rings. The van der Waals surface area contributed by atoms with Crippen molar-refractivity contribution in [3.05, 3.63) is 29.8 Å². The maximum Gasteiger partial charge on any atom is 0.243 e. The normalized spacial score (nSPS) is 22.5. The topological polar surface area (TPSA) is 57.6 Å². The van der Waals surface area contributed by atoms with E-state index < -0.39 is 15.6 Å². The fraction of sp³-hybridized carbons (Fsp3) is 0.571. The van der Waals surface area contributed by atoms with Crippen LogP contribution in [-0.4, -0.2) is 42.4 Å². The van der Waals surface area contributed by atoms with Crippen LogP contribution in [0.25, 0.3) is 0 Å². The van der Waals surface area contributed by atoms with Crippen molar-refractivity contribution in [1.29, 1.82) is 0 Å². The minimum atomic E-state index is -3.47. The predicted octanol–water partition coefficient (Wildman–Crippen LogP) is 1.61. The molecule has 0 amide bonds. The van der Waals surface area contributed by atoms with Crippen molar-refractivity contribution in [3.63, 3.8) is 0 Å². The lowest BCUT2D eigenvalue weighted by Gasteiger charge is -2.45. The number of aryl methyl sites for hydroxylation is 1. The second-order valence-electron chi connectivity index (χ2n) is 5.73. The van der Waals surface area contributed by atoms with Gasteiger partial charge in [0.2, 0.25) is 10.0 Å². The van der Waals surface area contributed by atoms with Gasteiger partial charge in [-0.3, -0.25) is 0 Å². The number of sulfonamides is 1. The van der Waals surface area contributed by atoms with Crippen molar-refractivity contribution in [1.82, 2.24) is 4.31 Å². The molecule has 6 heteroatoms. The van der Waals surface area contributed by atoms with Crippen LogP contribution >= 0.6 is 11.6 Å². The zero-order chi connectivity index (χ0) is 14.4. The summed E-state index contributed by atoms with van der Waals surface area (Å²) in [6, 6.07) is 6.82. The molecule has 2 aliphatic rings. The molecule has 0 radical (unpaired) electrons. The Morgan fingerprint density at radius 3 is 2.35 bits per heavy atom. The van der Waals surface area contributed by atoms with Gasteiger partial charge >= 0.3 is 0 Å². The van der Waals surface area contributed by atoms with Crippen LogP contribution in [-0.2, 0) is 16.4 Å². The van der Waals surface area contributed by atoms with Crippen LogP contribution in [0, 0.1) is 5.92 Å². The maximum absolute atomic E-state index is 12.4. The number of β-amino-alcohol motifs (C(OH)–C–C–N with tert-alkyl or cyclic N) is 1. The highest BCUT2D eigenvalue weighted by Gasteiger charge is 2.55. The van der Waals surface area contributed by atoms with Crippen LogP contribution in [0.4, 0.5) is 0 Å². The molecule has 0 unspecified atom stereocenters. The molecule has 20 heavy (non-hydrogen) atoms. The number of alkyl halides is 1. The molecule has 0 aromatic heterocycles. The van der Waals surface area contributed by atoms with Gasteiger partial charge in [0.15, 0.2) is 0 Å². The Balaban J connectivity index is 1.72. The lowest BCUT2D eigenvalue weighted by atomic mass is 9.91. The molecule has 1 heterocycles. The molecule has 1 aromatic carbocycles. The van der Waals surface area contributed by atoms with Gasteiger partial charge in [-0.15, -0.1) is 11.6 Å². The van der Waals surface area contributed by atoms with E-state index in [2.05, 4.69) is 0 Å². The SMILES string of the molecule is O=S(=O)(c1ccc(CCCl)cc1)N1CC(O)(C2CC2)C1. The first kappa shape index (κ1) is 14.3. The highest BCUT2D eigenvalue weighted by Crippen LogP contribution is 2.45. The van der Waals surface area contributed by atoms with Crippen LogP contribution in [0.2, 0.25) is 0 Å². The first-order chi connectivity index (χ1) is 9.45. The van der Waals surface area contributed by atoms with Crippen LogP contribution in [0.15, 0.2) is 29.2 Å². The molecule has 4 nitrogen and oxygen atoms in total. The summed E-state index contributed by atoms with van der Waals surface area (Å²) in [6.07, 6.45) is 2.75. The van der Waals surface area contributed by atoms with Crippen molar-refractivity contribution >= 4 is 21.6 Å². The number of rotatable bonds is 5. The zero-order valence-corrected chi connectivity index (χ0v) is 12.7. The van der Waals surface area contributed by atoms with E-state index >= 15 is 0 Å². The van der Waals surface area contributed by atoms with E-state index in [-0.39, 0.29) is 18.0 Å². The van der Waals surface area contributed by atoms with Crippen molar-refractivity contribution < 1.29 is 13.5 Å². The lowest BCUT2D eigenvalue weighted by Crippen LogP contribution is -2.64. The summed E-state index contributed by atoms with van der Waals surface area (Å²) in [5.41, 5.74) is 0.239. The molecule has 110 valence electrons. The summed E-state index contributed by atoms with van der Waals surface area (Å²) in [6.45, 7) is 0.451. The monoisotopic (exact) mass is 315 g/mol.